The maximum Gasteiger partial charge on any atom is 0.119 e. The van der Waals surface area contributed by atoms with Gasteiger partial charge in [-0.1, -0.05) is 35.6 Å². The third-order valence-corrected chi connectivity index (χ3v) is 7.85. The van der Waals surface area contributed by atoms with E-state index in [1.807, 2.05) is 4.08 Å². The largest absolute Gasteiger partial charge is 0.497 e. The Balaban J connectivity index is 1.68. The molecule has 0 bridgehead atoms. The SMILES string of the molecule is COc1ccc2c(c1)CC[C@@H]1[C@@H]2CC[C@@]2(C)[C@H]1CC[C@@]2(O)C=CI. The minimum Gasteiger partial charge on any atom is -0.497 e. The van der Waals surface area contributed by atoms with Gasteiger partial charge in [-0.05, 0) is 89.7 Å². The summed E-state index contributed by atoms with van der Waals surface area (Å²) in [6.45, 7) is 2.35. The van der Waals surface area contributed by atoms with Gasteiger partial charge in [0.1, 0.15) is 5.75 Å². The summed E-state index contributed by atoms with van der Waals surface area (Å²) < 4.78 is 7.43. The van der Waals surface area contributed by atoms with Gasteiger partial charge in [0.05, 0.1) is 12.7 Å². The summed E-state index contributed by atoms with van der Waals surface area (Å²) in [6, 6.07) is 6.67. The predicted molar refractivity (Wildman–Crippen MR) is 106 cm³/mol. The summed E-state index contributed by atoms with van der Waals surface area (Å²) >= 11 is 2.25. The van der Waals surface area contributed by atoms with Crippen LogP contribution in [0, 0.1) is 17.3 Å². The summed E-state index contributed by atoms with van der Waals surface area (Å²) in [4.78, 5) is 0. The summed E-state index contributed by atoms with van der Waals surface area (Å²) in [5, 5.41) is 11.3. The zero-order valence-electron chi connectivity index (χ0n) is 14.6. The van der Waals surface area contributed by atoms with Gasteiger partial charge < -0.3 is 9.84 Å². The zero-order valence-corrected chi connectivity index (χ0v) is 16.8. The Bertz CT molecular complexity index is 670. The fourth-order valence-electron chi connectivity index (χ4n) is 6.11. The van der Waals surface area contributed by atoms with E-state index in [9.17, 15) is 5.11 Å². The van der Waals surface area contributed by atoms with E-state index in [1.165, 1.54) is 24.8 Å². The number of aryl methyl sites for hydroxylation is 1. The van der Waals surface area contributed by atoms with Crippen molar-refractivity contribution >= 4 is 22.6 Å². The number of methoxy groups -OCH3 is 1. The first kappa shape index (κ1) is 16.9. The normalized spacial score (nSPS) is 40.9. The number of fused-ring (bicyclic) bond motifs is 5. The predicted octanol–water partition coefficient (Wildman–Crippen LogP) is 5.23. The van der Waals surface area contributed by atoms with Crippen molar-refractivity contribution in [2.45, 2.75) is 57.0 Å². The van der Waals surface area contributed by atoms with Crippen LogP contribution in [0.1, 0.15) is 56.1 Å². The highest BCUT2D eigenvalue weighted by Gasteiger charge is 2.60. The number of hydrogen-bond donors (Lipinski definition) is 1. The van der Waals surface area contributed by atoms with E-state index in [4.69, 9.17) is 4.74 Å². The lowest BCUT2D eigenvalue weighted by atomic mass is 9.53. The van der Waals surface area contributed by atoms with Crippen LogP contribution >= 0.6 is 22.6 Å². The van der Waals surface area contributed by atoms with E-state index >= 15 is 0 Å². The molecule has 1 N–H and O–H groups in total. The molecule has 2 fully saturated rings. The molecule has 0 spiro atoms. The highest BCUT2D eigenvalue weighted by molar-refractivity contribution is 14.1. The molecule has 1 aromatic rings. The second-order valence-corrected chi connectivity index (χ2v) is 8.91. The van der Waals surface area contributed by atoms with Gasteiger partial charge in [-0.15, -0.1) is 0 Å². The van der Waals surface area contributed by atoms with Crippen LogP contribution in [0.25, 0.3) is 0 Å². The fraction of sp³-hybridized carbons (Fsp3) is 0.619. The summed E-state index contributed by atoms with van der Waals surface area (Å²) in [5.41, 5.74) is 2.47. The van der Waals surface area contributed by atoms with Gasteiger partial charge in [0, 0.05) is 5.41 Å². The molecule has 3 aliphatic rings. The zero-order chi connectivity index (χ0) is 16.9. The number of aliphatic hydroxyl groups is 1. The van der Waals surface area contributed by atoms with E-state index in [1.54, 1.807) is 12.7 Å². The fourth-order valence-corrected chi connectivity index (χ4v) is 6.71. The van der Waals surface area contributed by atoms with Gasteiger partial charge in [-0.3, -0.25) is 0 Å². The standard InChI is InChI=1S/C21H27IO2/c1-20-9-7-17-16-6-4-15(24-2)13-14(16)3-5-18(17)19(20)8-10-21(20,23)11-12-22/h4,6,11-13,17-19,23H,3,5,7-10H2,1-2H3/t17-,18-,19+,20+,21-/m1/s1. The highest BCUT2D eigenvalue weighted by Crippen LogP contribution is 2.64. The molecule has 4 rings (SSSR count). The maximum atomic E-state index is 11.3. The molecule has 0 heterocycles. The lowest BCUT2D eigenvalue weighted by molar-refractivity contribution is -0.0708. The Morgan fingerprint density at radius 1 is 1.25 bits per heavy atom. The second kappa shape index (κ2) is 6.01. The van der Waals surface area contributed by atoms with Crippen molar-refractivity contribution in [1.29, 1.82) is 0 Å². The second-order valence-electron chi connectivity index (χ2n) is 8.19. The molecule has 0 unspecified atom stereocenters. The van der Waals surface area contributed by atoms with Crippen LogP contribution in [-0.2, 0) is 6.42 Å². The number of hydrogen-bond acceptors (Lipinski definition) is 2. The van der Waals surface area contributed by atoms with Crippen LogP contribution in [0.5, 0.6) is 5.75 Å². The quantitative estimate of drug-likeness (QED) is 0.641. The van der Waals surface area contributed by atoms with Gasteiger partial charge >= 0.3 is 0 Å². The first-order valence-corrected chi connectivity index (χ1v) is 10.4. The molecular weight excluding hydrogens is 411 g/mol. The molecule has 3 heteroatoms. The van der Waals surface area contributed by atoms with Crippen molar-refractivity contribution < 1.29 is 9.84 Å². The van der Waals surface area contributed by atoms with Crippen LogP contribution in [0.4, 0.5) is 0 Å². The lowest BCUT2D eigenvalue weighted by Crippen LogP contribution is -2.49. The van der Waals surface area contributed by atoms with Crippen molar-refractivity contribution in [2.75, 3.05) is 7.11 Å². The molecule has 3 aliphatic carbocycles. The minimum absolute atomic E-state index is 0.0415. The van der Waals surface area contributed by atoms with Gasteiger partial charge in [0.25, 0.3) is 0 Å². The number of benzene rings is 1. The van der Waals surface area contributed by atoms with Crippen LogP contribution in [0.15, 0.2) is 28.4 Å². The molecule has 130 valence electrons. The summed E-state index contributed by atoms with van der Waals surface area (Å²) in [7, 11) is 1.75. The van der Waals surface area contributed by atoms with E-state index in [-0.39, 0.29) is 5.41 Å². The summed E-state index contributed by atoms with van der Waals surface area (Å²) in [6.07, 6.45) is 8.90. The van der Waals surface area contributed by atoms with Crippen molar-refractivity contribution in [3.8, 4) is 5.75 Å². The topological polar surface area (TPSA) is 29.5 Å². The molecule has 0 aliphatic heterocycles. The number of ether oxygens (including phenoxy) is 1. The minimum atomic E-state index is -0.607. The molecule has 1 aromatic carbocycles. The van der Waals surface area contributed by atoms with E-state index in [2.05, 4.69) is 53.8 Å². The third-order valence-electron chi connectivity index (χ3n) is 7.49. The van der Waals surface area contributed by atoms with Gasteiger partial charge in [-0.25, -0.2) is 0 Å². The van der Waals surface area contributed by atoms with Crippen LogP contribution < -0.4 is 4.74 Å². The molecule has 24 heavy (non-hydrogen) atoms. The maximum absolute atomic E-state index is 11.3. The Morgan fingerprint density at radius 2 is 2.08 bits per heavy atom. The molecule has 0 aromatic heterocycles. The lowest BCUT2D eigenvalue weighted by Gasteiger charge is -2.52. The molecule has 2 nitrogen and oxygen atoms in total. The van der Waals surface area contributed by atoms with E-state index in [0.717, 1.165) is 30.9 Å². The average Bonchev–Trinajstić information content (AvgIpc) is 2.86. The Hall–Kier alpha value is -0.550. The average molecular weight is 438 g/mol. The number of halogens is 1. The van der Waals surface area contributed by atoms with Gasteiger partial charge in [0.15, 0.2) is 0 Å². The third kappa shape index (κ3) is 2.30. The first-order chi connectivity index (χ1) is 11.5. The molecule has 0 radical (unpaired) electrons. The molecule has 0 amide bonds. The molecule has 2 saturated carbocycles. The van der Waals surface area contributed by atoms with Gasteiger partial charge in [-0.2, -0.15) is 0 Å². The van der Waals surface area contributed by atoms with Crippen molar-refractivity contribution in [3.05, 3.63) is 39.5 Å². The van der Waals surface area contributed by atoms with Crippen molar-refractivity contribution in [3.63, 3.8) is 0 Å². The first-order valence-electron chi connectivity index (χ1n) is 9.19. The molecule has 5 atom stereocenters. The van der Waals surface area contributed by atoms with E-state index < -0.39 is 5.60 Å². The molecule has 0 saturated heterocycles. The monoisotopic (exact) mass is 438 g/mol. The van der Waals surface area contributed by atoms with Crippen molar-refractivity contribution in [2.24, 2.45) is 17.3 Å². The Kier molecular flexibility index (Phi) is 4.23. The Labute approximate surface area is 158 Å². The van der Waals surface area contributed by atoms with Gasteiger partial charge in [0.2, 0.25) is 0 Å². The van der Waals surface area contributed by atoms with Crippen molar-refractivity contribution in [1.82, 2.24) is 0 Å². The number of rotatable bonds is 2. The molecular formula is C21H27IO2. The smallest absolute Gasteiger partial charge is 0.119 e. The van der Waals surface area contributed by atoms with Crippen LogP contribution in [0.2, 0.25) is 0 Å². The Morgan fingerprint density at radius 3 is 2.83 bits per heavy atom. The van der Waals surface area contributed by atoms with E-state index in [0.29, 0.717) is 11.8 Å². The highest BCUT2D eigenvalue weighted by atomic mass is 127. The summed E-state index contributed by atoms with van der Waals surface area (Å²) in [5.74, 6) is 3.02. The van der Waals surface area contributed by atoms with Crippen LogP contribution in [0.3, 0.4) is 0 Å². The van der Waals surface area contributed by atoms with Crippen LogP contribution in [-0.4, -0.2) is 17.8 Å².